The van der Waals surface area contributed by atoms with E-state index in [1.807, 2.05) is 13.8 Å². The number of rotatable bonds is 3. The standard InChI is InChI=1S/C9H13NO3/c1-4-5(2)8-7(9(11)12)6(3)13-10-8/h5H,4H2,1-3H3,(H,11,12). The molecule has 0 aromatic carbocycles. The van der Waals surface area contributed by atoms with Gasteiger partial charge in [-0.1, -0.05) is 19.0 Å². The summed E-state index contributed by atoms with van der Waals surface area (Å²) in [6.45, 7) is 5.53. The van der Waals surface area contributed by atoms with Gasteiger partial charge in [0.2, 0.25) is 0 Å². The van der Waals surface area contributed by atoms with Gasteiger partial charge in [-0.3, -0.25) is 0 Å². The van der Waals surface area contributed by atoms with E-state index in [1.54, 1.807) is 6.92 Å². The van der Waals surface area contributed by atoms with E-state index in [0.717, 1.165) is 6.42 Å². The molecule has 1 unspecified atom stereocenters. The lowest BCUT2D eigenvalue weighted by atomic mass is 10.0. The van der Waals surface area contributed by atoms with Crippen LogP contribution in [0.5, 0.6) is 0 Å². The van der Waals surface area contributed by atoms with Crippen molar-refractivity contribution in [2.45, 2.75) is 33.1 Å². The summed E-state index contributed by atoms with van der Waals surface area (Å²) in [5, 5.41) is 12.6. The Morgan fingerprint density at radius 2 is 2.31 bits per heavy atom. The van der Waals surface area contributed by atoms with Gasteiger partial charge in [0.1, 0.15) is 17.0 Å². The van der Waals surface area contributed by atoms with Crippen molar-refractivity contribution in [2.75, 3.05) is 0 Å². The Labute approximate surface area is 76.5 Å². The normalized spacial score (nSPS) is 12.8. The number of carboxylic acid groups (broad SMARTS) is 1. The van der Waals surface area contributed by atoms with Crippen LogP contribution in [-0.4, -0.2) is 16.2 Å². The second-order valence-electron chi connectivity index (χ2n) is 3.11. The first-order valence-corrected chi connectivity index (χ1v) is 4.27. The Hall–Kier alpha value is -1.32. The topological polar surface area (TPSA) is 63.3 Å². The number of aryl methyl sites for hydroxylation is 1. The van der Waals surface area contributed by atoms with E-state index in [2.05, 4.69) is 5.16 Å². The number of hydrogen-bond acceptors (Lipinski definition) is 3. The van der Waals surface area contributed by atoms with Crippen molar-refractivity contribution in [2.24, 2.45) is 0 Å². The molecule has 0 amide bonds. The third kappa shape index (κ3) is 1.71. The summed E-state index contributed by atoms with van der Waals surface area (Å²) in [5.74, 6) is -0.458. The molecule has 72 valence electrons. The average molecular weight is 183 g/mol. The van der Waals surface area contributed by atoms with Crippen LogP contribution in [0.25, 0.3) is 0 Å². The number of carbonyl (C=O) groups is 1. The van der Waals surface area contributed by atoms with Gasteiger partial charge < -0.3 is 9.63 Å². The molecular weight excluding hydrogens is 170 g/mol. The molecule has 0 saturated heterocycles. The molecule has 0 aliphatic rings. The molecule has 13 heavy (non-hydrogen) atoms. The van der Waals surface area contributed by atoms with Gasteiger partial charge in [0.05, 0.1) is 0 Å². The Balaban J connectivity index is 3.14. The van der Waals surface area contributed by atoms with Crippen LogP contribution in [-0.2, 0) is 0 Å². The van der Waals surface area contributed by atoms with Crippen LogP contribution in [0.2, 0.25) is 0 Å². The van der Waals surface area contributed by atoms with Crippen molar-refractivity contribution in [1.82, 2.24) is 5.16 Å². The summed E-state index contributed by atoms with van der Waals surface area (Å²) in [6.07, 6.45) is 0.853. The fourth-order valence-electron chi connectivity index (χ4n) is 1.18. The lowest BCUT2D eigenvalue weighted by Crippen LogP contribution is -2.04. The van der Waals surface area contributed by atoms with Crippen molar-refractivity contribution >= 4 is 5.97 Å². The predicted molar refractivity (Wildman–Crippen MR) is 46.9 cm³/mol. The quantitative estimate of drug-likeness (QED) is 0.780. The lowest BCUT2D eigenvalue weighted by Gasteiger charge is -2.03. The molecule has 4 heteroatoms. The largest absolute Gasteiger partial charge is 0.477 e. The average Bonchev–Trinajstić information content (AvgIpc) is 2.45. The van der Waals surface area contributed by atoms with Gasteiger partial charge in [-0.25, -0.2) is 4.79 Å². The maximum absolute atomic E-state index is 10.8. The molecule has 1 rings (SSSR count). The molecule has 1 aromatic rings. The third-order valence-electron chi connectivity index (χ3n) is 2.18. The fourth-order valence-corrected chi connectivity index (χ4v) is 1.18. The molecule has 1 atom stereocenters. The molecule has 0 aliphatic carbocycles. The van der Waals surface area contributed by atoms with Gasteiger partial charge in [-0.2, -0.15) is 0 Å². The molecule has 0 spiro atoms. The first-order chi connectivity index (χ1) is 6.07. The Morgan fingerprint density at radius 1 is 1.69 bits per heavy atom. The van der Waals surface area contributed by atoms with Gasteiger partial charge in [-0.15, -0.1) is 0 Å². The Kier molecular flexibility index (Phi) is 2.70. The van der Waals surface area contributed by atoms with Gasteiger partial charge in [-0.05, 0) is 13.3 Å². The van der Waals surface area contributed by atoms with Gasteiger partial charge in [0.25, 0.3) is 0 Å². The van der Waals surface area contributed by atoms with Crippen LogP contribution < -0.4 is 0 Å². The monoisotopic (exact) mass is 183 g/mol. The molecule has 1 N–H and O–H groups in total. The zero-order chi connectivity index (χ0) is 10.0. The molecule has 0 radical (unpaired) electrons. The first-order valence-electron chi connectivity index (χ1n) is 4.27. The summed E-state index contributed by atoms with van der Waals surface area (Å²) in [6, 6.07) is 0. The SMILES string of the molecule is CCC(C)c1noc(C)c1C(=O)O. The van der Waals surface area contributed by atoms with E-state index in [9.17, 15) is 4.79 Å². The molecule has 0 aliphatic heterocycles. The zero-order valence-electron chi connectivity index (χ0n) is 8.00. The summed E-state index contributed by atoms with van der Waals surface area (Å²) in [7, 11) is 0. The highest BCUT2D eigenvalue weighted by atomic mass is 16.5. The minimum Gasteiger partial charge on any atom is -0.477 e. The maximum Gasteiger partial charge on any atom is 0.341 e. The lowest BCUT2D eigenvalue weighted by molar-refractivity contribution is 0.0693. The number of carboxylic acids is 1. The van der Waals surface area contributed by atoms with Crippen molar-refractivity contribution in [1.29, 1.82) is 0 Å². The Bertz CT molecular complexity index is 317. The second-order valence-corrected chi connectivity index (χ2v) is 3.11. The number of nitrogens with zero attached hydrogens (tertiary/aromatic N) is 1. The van der Waals surface area contributed by atoms with Crippen LogP contribution in [0.3, 0.4) is 0 Å². The van der Waals surface area contributed by atoms with E-state index in [0.29, 0.717) is 11.5 Å². The third-order valence-corrected chi connectivity index (χ3v) is 2.18. The minimum absolute atomic E-state index is 0.128. The maximum atomic E-state index is 10.8. The van der Waals surface area contributed by atoms with Crippen LogP contribution >= 0.6 is 0 Å². The highest BCUT2D eigenvalue weighted by Gasteiger charge is 2.22. The van der Waals surface area contributed by atoms with Gasteiger partial charge in [0.15, 0.2) is 0 Å². The van der Waals surface area contributed by atoms with E-state index in [-0.39, 0.29) is 11.5 Å². The number of aromatic nitrogens is 1. The molecule has 4 nitrogen and oxygen atoms in total. The molecule has 1 aromatic heterocycles. The highest BCUT2D eigenvalue weighted by molar-refractivity contribution is 5.90. The van der Waals surface area contributed by atoms with E-state index < -0.39 is 5.97 Å². The van der Waals surface area contributed by atoms with Crippen molar-refractivity contribution in [3.8, 4) is 0 Å². The minimum atomic E-state index is -0.964. The summed E-state index contributed by atoms with van der Waals surface area (Å²) >= 11 is 0. The number of hydrogen-bond donors (Lipinski definition) is 1. The second kappa shape index (κ2) is 3.60. The van der Waals surface area contributed by atoms with Crippen LogP contribution in [0.1, 0.15) is 48.0 Å². The molecule has 1 heterocycles. The first kappa shape index (κ1) is 9.77. The van der Waals surface area contributed by atoms with Crippen LogP contribution in [0.4, 0.5) is 0 Å². The molecule has 0 fully saturated rings. The molecular formula is C9H13NO3. The van der Waals surface area contributed by atoms with Crippen molar-refractivity contribution < 1.29 is 14.4 Å². The summed E-state index contributed by atoms with van der Waals surface area (Å²) in [4.78, 5) is 10.8. The Morgan fingerprint density at radius 3 is 2.77 bits per heavy atom. The summed E-state index contributed by atoms with van der Waals surface area (Å²) < 4.78 is 4.85. The van der Waals surface area contributed by atoms with Gasteiger partial charge in [0, 0.05) is 5.92 Å². The molecule has 0 bridgehead atoms. The van der Waals surface area contributed by atoms with Crippen molar-refractivity contribution in [3.05, 3.63) is 17.0 Å². The molecule has 0 saturated carbocycles. The van der Waals surface area contributed by atoms with Crippen LogP contribution in [0, 0.1) is 6.92 Å². The van der Waals surface area contributed by atoms with Crippen LogP contribution in [0.15, 0.2) is 4.52 Å². The predicted octanol–water partition coefficient (Wildman–Crippen LogP) is 2.19. The zero-order valence-corrected chi connectivity index (χ0v) is 8.00. The van der Waals surface area contributed by atoms with Gasteiger partial charge >= 0.3 is 5.97 Å². The van der Waals surface area contributed by atoms with E-state index in [4.69, 9.17) is 9.63 Å². The highest BCUT2D eigenvalue weighted by Crippen LogP contribution is 2.23. The number of aromatic carboxylic acids is 1. The van der Waals surface area contributed by atoms with E-state index in [1.165, 1.54) is 0 Å². The summed E-state index contributed by atoms with van der Waals surface area (Å²) in [5.41, 5.74) is 0.766. The van der Waals surface area contributed by atoms with Crippen molar-refractivity contribution in [3.63, 3.8) is 0 Å². The fraction of sp³-hybridized carbons (Fsp3) is 0.556. The smallest absolute Gasteiger partial charge is 0.341 e. The van der Waals surface area contributed by atoms with E-state index >= 15 is 0 Å².